The zero-order valence-corrected chi connectivity index (χ0v) is 12.1. The van der Waals surface area contributed by atoms with Gasteiger partial charge in [0.25, 0.3) is 0 Å². The number of thiophene rings is 1. The lowest BCUT2D eigenvalue weighted by Crippen LogP contribution is -2.08. The molecule has 0 atom stereocenters. The van der Waals surface area contributed by atoms with E-state index in [0.29, 0.717) is 4.88 Å². The largest absolute Gasteiger partial charge is 0.417 e. The number of carbonyl (C=O) groups excluding carboxylic acids is 1. The summed E-state index contributed by atoms with van der Waals surface area (Å²) in [6, 6.07) is 6.90. The number of alkyl halides is 3. The van der Waals surface area contributed by atoms with Crippen LogP contribution < -0.4 is 0 Å². The predicted molar refractivity (Wildman–Crippen MR) is 71.6 cm³/mol. The zero-order valence-electron chi connectivity index (χ0n) is 9.72. The third-order valence-corrected chi connectivity index (χ3v) is 4.19. The van der Waals surface area contributed by atoms with Crippen molar-refractivity contribution in [1.82, 2.24) is 0 Å². The fourth-order valence-corrected chi connectivity index (χ4v) is 2.88. The topological polar surface area (TPSA) is 17.1 Å². The van der Waals surface area contributed by atoms with Crippen LogP contribution in [0.15, 0.2) is 34.8 Å². The number of rotatable bonds is 2. The van der Waals surface area contributed by atoms with Crippen LogP contribution in [-0.2, 0) is 6.18 Å². The number of hydrogen-bond donors (Lipinski definition) is 0. The summed E-state index contributed by atoms with van der Waals surface area (Å²) in [5.41, 5.74) is -0.802. The van der Waals surface area contributed by atoms with Gasteiger partial charge < -0.3 is 0 Å². The normalized spacial score (nSPS) is 11.6. The van der Waals surface area contributed by atoms with Crippen molar-refractivity contribution in [1.29, 1.82) is 0 Å². The van der Waals surface area contributed by atoms with Gasteiger partial charge in [0.15, 0.2) is 0 Å². The molecule has 2 aromatic rings. The average Bonchev–Trinajstić information content (AvgIpc) is 2.74. The maximum atomic E-state index is 12.8. The summed E-state index contributed by atoms with van der Waals surface area (Å²) in [6.07, 6.45) is -4.49. The highest BCUT2D eigenvalue weighted by Crippen LogP contribution is 2.35. The van der Waals surface area contributed by atoms with Gasteiger partial charge in [0.2, 0.25) is 5.78 Å². The number of aryl methyl sites for hydroxylation is 1. The van der Waals surface area contributed by atoms with Gasteiger partial charge in [0, 0.05) is 14.9 Å². The molecule has 100 valence electrons. The van der Waals surface area contributed by atoms with E-state index in [1.165, 1.54) is 23.5 Å². The molecule has 1 nitrogen and oxygen atoms in total. The van der Waals surface area contributed by atoms with Gasteiger partial charge in [-0.05, 0) is 37.3 Å². The van der Waals surface area contributed by atoms with E-state index in [2.05, 4.69) is 15.9 Å². The summed E-state index contributed by atoms with van der Waals surface area (Å²) in [4.78, 5) is 13.5. The average molecular weight is 349 g/mol. The third kappa shape index (κ3) is 3.06. The Labute approximate surface area is 120 Å². The molecule has 0 N–H and O–H groups in total. The molecule has 0 aliphatic rings. The molecule has 1 heterocycles. The Hall–Kier alpha value is -1.14. The van der Waals surface area contributed by atoms with Crippen LogP contribution in [0.25, 0.3) is 0 Å². The molecular weight excluding hydrogens is 341 g/mol. The van der Waals surface area contributed by atoms with Crippen LogP contribution in [0, 0.1) is 6.92 Å². The highest BCUT2D eigenvalue weighted by Gasteiger charge is 2.33. The monoisotopic (exact) mass is 348 g/mol. The van der Waals surface area contributed by atoms with E-state index in [-0.39, 0.29) is 10.0 Å². The number of hydrogen-bond acceptors (Lipinski definition) is 2. The molecule has 0 aliphatic carbocycles. The lowest BCUT2D eigenvalue weighted by molar-refractivity contribution is -0.138. The molecule has 0 fully saturated rings. The quantitative estimate of drug-likeness (QED) is 0.692. The fourth-order valence-electron chi connectivity index (χ4n) is 1.58. The molecular formula is C13H8BrF3OS. The van der Waals surface area contributed by atoms with Crippen LogP contribution in [-0.4, -0.2) is 5.78 Å². The van der Waals surface area contributed by atoms with Crippen molar-refractivity contribution in [2.24, 2.45) is 0 Å². The molecule has 6 heteroatoms. The molecule has 0 unspecified atom stereocenters. The summed E-state index contributed by atoms with van der Waals surface area (Å²) < 4.78 is 38.2. The van der Waals surface area contributed by atoms with E-state index in [1.807, 2.05) is 6.92 Å². The molecule has 0 aliphatic heterocycles. The Balaban J connectivity index is 2.44. The Bertz CT molecular complexity index is 631. The number of halogens is 4. The minimum absolute atomic E-state index is 0.0392. The van der Waals surface area contributed by atoms with Gasteiger partial charge in [0.05, 0.1) is 10.4 Å². The van der Waals surface area contributed by atoms with Crippen LogP contribution in [0.2, 0.25) is 0 Å². The van der Waals surface area contributed by atoms with E-state index in [1.54, 1.807) is 12.1 Å². The maximum Gasteiger partial charge on any atom is 0.417 e. The van der Waals surface area contributed by atoms with E-state index in [4.69, 9.17) is 0 Å². The fraction of sp³-hybridized carbons (Fsp3) is 0.154. The molecule has 0 spiro atoms. The lowest BCUT2D eigenvalue weighted by atomic mass is 10.1. The second kappa shape index (κ2) is 5.09. The standard InChI is InChI=1S/C13H8BrF3OS/c1-7-2-5-11(19-7)12(18)8-3-4-10(14)9(6-8)13(15,16)17/h2-6H,1H3. The highest BCUT2D eigenvalue weighted by atomic mass is 79.9. The molecule has 0 bridgehead atoms. The van der Waals surface area contributed by atoms with E-state index in [9.17, 15) is 18.0 Å². The number of ketones is 1. The third-order valence-electron chi connectivity index (χ3n) is 2.50. The van der Waals surface area contributed by atoms with Gasteiger partial charge in [-0.3, -0.25) is 4.79 Å². The Kier molecular flexibility index (Phi) is 3.82. The first-order chi connectivity index (χ1) is 8.79. The van der Waals surface area contributed by atoms with Crippen LogP contribution in [0.5, 0.6) is 0 Å². The number of carbonyl (C=O) groups is 1. The summed E-state index contributed by atoms with van der Waals surface area (Å²) in [6.45, 7) is 1.84. The molecule has 0 radical (unpaired) electrons. The highest BCUT2D eigenvalue weighted by molar-refractivity contribution is 9.10. The zero-order chi connectivity index (χ0) is 14.2. The Morgan fingerprint density at radius 1 is 1.21 bits per heavy atom. The van der Waals surface area contributed by atoms with Crippen molar-refractivity contribution >= 4 is 33.0 Å². The van der Waals surface area contributed by atoms with Crippen molar-refractivity contribution in [2.45, 2.75) is 13.1 Å². The smallest absolute Gasteiger partial charge is 0.288 e. The first kappa shape index (κ1) is 14.3. The summed E-state index contributed by atoms with van der Waals surface area (Å²) in [7, 11) is 0. The van der Waals surface area contributed by atoms with E-state index < -0.39 is 17.5 Å². The molecule has 19 heavy (non-hydrogen) atoms. The molecule has 0 saturated carbocycles. The number of benzene rings is 1. The van der Waals surface area contributed by atoms with Gasteiger partial charge in [-0.2, -0.15) is 13.2 Å². The van der Waals surface area contributed by atoms with E-state index in [0.717, 1.165) is 10.9 Å². The van der Waals surface area contributed by atoms with Crippen molar-refractivity contribution in [3.05, 3.63) is 55.7 Å². The van der Waals surface area contributed by atoms with Gasteiger partial charge in [0.1, 0.15) is 0 Å². The molecule has 2 rings (SSSR count). The molecule has 0 amide bonds. The van der Waals surface area contributed by atoms with Crippen LogP contribution in [0.3, 0.4) is 0 Å². The Morgan fingerprint density at radius 3 is 2.42 bits per heavy atom. The van der Waals surface area contributed by atoms with Gasteiger partial charge in [-0.15, -0.1) is 11.3 Å². The van der Waals surface area contributed by atoms with Crippen molar-refractivity contribution in [3.63, 3.8) is 0 Å². The summed E-state index contributed by atoms with van der Waals surface area (Å²) in [5.74, 6) is -0.393. The van der Waals surface area contributed by atoms with Crippen molar-refractivity contribution in [2.75, 3.05) is 0 Å². The molecule has 0 saturated heterocycles. The van der Waals surface area contributed by atoms with Gasteiger partial charge >= 0.3 is 6.18 Å². The second-order valence-corrected chi connectivity index (χ2v) is 6.07. The Morgan fingerprint density at radius 2 is 1.89 bits per heavy atom. The van der Waals surface area contributed by atoms with Gasteiger partial charge in [-0.1, -0.05) is 15.9 Å². The summed E-state index contributed by atoms with van der Waals surface area (Å²) in [5, 5.41) is 0. The van der Waals surface area contributed by atoms with Crippen molar-refractivity contribution in [3.8, 4) is 0 Å². The maximum absolute atomic E-state index is 12.8. The van der Waals surface area contributed by atoms with Crippen LogP contribution in [0.1, 0.15) is 25.7 Å². The van der Waals surface area contributed by atoms with Crippen LogP contribution >= 0.6 is 27.3 Å². The predicted octanol–water partition coefficient (Wildman–Crippen LogP) is 5.07. The SMILES string of the molecule is Cc1ccc(C(=O)c2ccc(Br)c(C(F)(F)F)c2)s1. The first-order valence-corrected chi connectivity index (χ1v) is 6.88. The second-order valence-electron chi connectivity index (χ2n) is 3.93. The van der Waals surface area contributed by atoms with Gasteiger partial charge in [-0.25, -0.2) is 0 Å². The van der Waals surface area contributed by atoms with Crippen LogP contribution in [0.4, 0.5) is 13.2 Å². The lowest BCUT2D eigenvalue weighted by Gasteiger charge is -2.10. The van der Waals surface area contributed by atoms with Crippen molar-refractivity contribution < 1.29 is 18.0 Å². The minimum Gasteiger partial charge on any atom is -0.288 e. The first-order valence-electron chi connectivity index (χ1n) is 5.27. The minimum atomic E-state index is -4.49. The molecule has 1 aromatic heterocycles. The van der Waals surface area contributed by atoms with E-state index >= 15 is 0 Å². The molecule has 1 aromatic carbocycles. The summed E-state index contributed by atoms with van der Waals surface area (Å²) >= 11 is 4.11.